The normalized spacial score (nSPS) is 11.2. The fraction of sp³-hybridized carbons (Fsp3) is 0.0952. The Morgan fingerprint density at radius 1 is 0.964 bits per heavy atom. The minimum atomic E-state index is -3.94. The lowest BCUT2D eigenvalue weighted by Gasteiger charge is -2.16. The molecule has 3 aromatic carbocycles. The van der Waals surface area contributed by atoms with Gasteiger partial charge in [0.25, 0.3) is 5.91 Å². The smallest absolute Gasteiger partial charge is 0.255 e. The van der Waals surface area contributed by atoms with Crippen molar-refractivity contribution in [2.75, 3.05) is 5.32 Å². The minimum Gasteiger partial charge on any atom is -0.506 e. The summed E-state index contributed by atoms with van der Waals surface area (Å²) in [4.78, 5) is 12.4. The van der Waals surface area contributed by atoms with Gasteiger partial charge in [-0.3, -0.25) is 4.79 Å². The van der Waals surface area contributed by atoms with E-state index in [4.69, 9.17) is 0 Å². The van der Waals surface area contributed by atoms with Crippen molar-refractivity contribution in [3.05, 3.63) is 81.8 Å². The van der Waals surface area contributed by atoms with Crippen molar-refractivity contribution in [1.82, 2.24) is 0 Å². The molecule has 0 unspecified atom stereocenters. The van der Waals surface area contributed by atoms with Crippen molar-refractivity contribution < 1.29 is 18.3 Å². The van der Waals surface area contributed by atoms with Crippen LogP contribution in [-0.4, -0.2) is 19.4 Å². The number of phenols is 1. The van der Waals surface area contributed by atoms with Gasteiger partial charge in [0.1, 0.15) is 10.6 Å². The molecular formula is C21H18BrNO4S. The molecule has 0 aromatic heterocycles. The Bertz CT molecular complexity index is 1140. The van der Waals surface area contributed by atoms with Gasteiger partial charge in [-0.25, -0.2) is 8.42 Å². The van der Waals surface area contributed by atoms with Crippen molar-refractivity contribution in [2.24, 2.45) is 0 Å². The van der Waals surface area contributed by atoms with Crippen molar-refractivity contribution in [3.63, 3.8) is 0 Å². The number of carbonyl (C=O) groups excluding carboxylic acids is 1. The SMILES string of the molecule is Cc1c(NC(=O)c2ccc(Br)cc2)cc(S(=O)(=O)c2ccccc2)c(O)c1C. The van der Waals surface area contributed by atoms with Crippen molar-refractivity contribution in [2.45, 2.75) is 23.6 Å². The summed E-state index contributed by atoms with van der Waals surface area (Å²) in [5.41, 5.74) is 1.75. The quantitative estimate of drug-likeness (QED) is 0.545. The standard InChI is InChI=1S/C21H18BrNO4S/c1-13-14(2)20(24)19(28(26,27)17-6-4-3-5-7-17)12-18(13)23-21(25)15-8-10-16(22)11-9-15/h3-12,24H,1-2H3,(H,23,25). The van der Waals surface area contributed by atoms with Gasteiger partial charge in [-0.1, -0.05) is 34.1 Å². The number of sulfone groups is 1. The third kappa shape index (κ3) is 3.81. The van der Waals surface area contributed by atoms with Crippen LogP contribution < -0.4 is 5.32 Å². The first-order chi connectivity index (χ1) is 13.2. The first-order valence-electron chi connectivity index (χ1n) is 8.42. The first-order valence-corrected chi connectivity index (χ1v) is 10.7. The number of anilines is 1. The van der Waals surface area contributed by atoms with Crippen LogP contribution in [0.2, 0.25) is 0 Å². The number of phenolic OH excluding ortho intramolecular Hbond substituents is 1. The number of rotatable bonds is 4. The summed E-state index contributed by atoms with van der Waals surface area (Å²) in [7, 11) is -3.94. The molecule has 3 rings (SSSR count). The number of hydrogen-bond donors (Lipinski definition) is 2. The third-order valence-electron chi connectivity index (χ3n) is 4.53. The van der Waals surface area contributed by atoms with Crippen LogP contribution in [0.25, 0.3) is 0 Å². The molecule has 2 N–H and O–H groups in total. The molecule has 28 heavy (non-hydrogen) atoms. The number of amides is 1. The first kappa shape index (κ1) is 20.1. The Morgan fingerprint density at radius 2 is 1.57 bits per heavy atom. The lowest BCUT2D eigenvalue weighted by atomic mass is 10.1. The van der Waals surface area contributed by atoms with E-state index in [-0.39, 0.29) is 21.4 Å². The topological polar surface area (TPSA) is 83.5 Å². The third-order valence-corrected chi connectivity index (χ3v) is 6.84. The molecule has 0 saturated carbocycles. The number of hydrogen-bond acceptors (Lipinski definition) is 4. The van der Waals surface area contributed by atoms with E-state index < -0.39 is 9.84 Å². The van der Waals surface area contributed by atoms with E-state index >= 15 is 0 Å². The lowest BCUT2D eigenvalue weighted by molar-refractivity contribution is 0.102. The second kappa shape index (κ2) is 7.77. The van der Waals surface area contributed by atoms with Crippen LogP contribution in [0.1, 0.15) is 21.5 Å². The molecule has 0 aliphatic carbocycles. The molecule has 0 bridgehead atoms. The molecule has 144 valence electrons. The van der Waals surface area contributed by atoms with E-state index in [2.05, 4.69) is 21.2 Å². The Morgan fingerprint density at radius 3 is 2.18 bits per heavy atom. The average molecular weight is 460 g/mol. The number of halogens is 1. The summed E-state index contributed by atoms with van der Waals surface area (Å²) in [5, 5.41) is 13.2. The van der Waals surface area contributed by atoms with E-state index in [1.165, 1.54) is 18.2 Å². The predicted octanol–water partition coefficient (Wildman–Crippen LogP) is 4.86. The summed E-state index contributed by atoms with van der Waals surface area (Å²) in [6, 6.07) is 16.0. The Hall–Kier alpha value is -2.64. The van der Waals surface area contributed by atoms with Gasteiger partial charge in [0.2, 0.25) is 9.84 Å². The predicted molar refractivity (Wildman–Crippen MR) is 112 cm³/mol. The molecule has 0 saturated heterocycles. The number of benzene rings is 3. The zero-order valence-electron chi connectivity index (χ0n) is 15.2. The molecule has 3 aromatic rings. The molecule has 0 aliphatic heterocycles. The highest BCUT2D eigenvalue weighted by atomic mass is 79.9. The maximum atomic E-state index is 13.0. The number of aromatic hydroxyl groups is 1. The van der Waals surface area contributed by atoms with Gasteiger partial charge in [0, 0.05) is 15.7 Å². The Balaban J connectivity index is 2.06. The van der Waals surface area contributed by atoms with Gasteiger partial charge in [-0.05, 0) is 67.4 Å². The van der Waals surface area contributed by atoms with Crippen LogP contribution in [0.15, 0.2) is 74.9 Å². The zero-order chi connectivity index (χ0) is 20.5. The second-order valence-corrected chi connectivity index (χ2v) is 9.13. The molecule has 0 fully saturated rings. The van der Waals surface area contributed by atoms with Gasteiger partial charge in [0.15, 0.2) is 0 Å². The highest BCUT2D eigenvalue weighted by Gasteiger charge is 2.25. The maximum absolute atomic E-state index is 13.0. The van der Waals surface area contributed by atoms with Gasteiger partial charge in [0.05, 0.1) is 4.90 Å². The highest BCUT2D eigenvalue weighted by molar-refractivity contribution is 9.10. The van der Waals surface area contributed by atoms with Gasteiger partial charge >= 0.3 is 0 Å². The van der Waals surface area contributed by atoms with Crippen molar-refractivity contribution in [3.8, 4) is 5.75 Å². The Kier molecular flexibility index (Phi) is 5.58. The molecule has 7 heteroatoms. The fourth-order valence-electron chi connectivity index (χ4n) is 2.73. The molecule has 0 atom stereocenters. The molecule has 0 spiro atoms. The fourth-order valence-corrected chi connectivity index (χ4v) is 4.44. The largest absolute Gasteiger partial charge is 0.506 e. The summed E-state index contributed by atoms with van der Waals surface area (Å²) in [5.74, 6) is -0.688. The van der Waals surface area contributed by atoms with E-state index in [0.29, 0.717) is 22.4 Å². The maximum Gasteiger partial charge on any atom is 0.255 e. The van der Waals surface area contributed by atoms with Crippen LogP contribution in [0.4, 0.5) is 5.69 Å². The highest BCUT2D eigenvalue weighted by Crippen LogP contribution is 2.37. The zero-order valence-corrected chi connectivity index (χ0v) is 17.6. The number of carbonyl (C=O) groups is 1. The summed E-state index contributed by atoms with van der Waals surface area (Å²) < 4.78 is 26.8. The van der Waals surface area contributed by atoms with Crippen molar-refractivity contribution in [1.29, 1.82) is 0 Å². The van der Waals surface area contributed by atoms with Gasteiger partial charge in [-0.2, -0.15) is 0 Å². The van der Waals surface area contributed by atoms with Gasteiger partial charge in [-0.15, -0.1) is 0 Å². The summed E-state index contributed by atoms with van der Waals surface area (Å²) in [6.07, 6.45) is 0. The summed E-state index contributed by atoms with van der Waals surface area (Å²) in [6.45, 7) is 3.33. The second-order valence-electron chi connectivity index (χ2n) is 6.30. The molecule has 0 heterocycles. The van der Waals surface area contributed by atoms with Crippen LogP contribution in [0.3, 0.4) is 0 Å². The molecular weight excluding hydrogens is 442 g/mol. The van der Waals surface area contributed by atoms with Crippen LogP contribution >= 0.6 is 15.9 Å². The molecule has 0 radical (unpaired) electrons. The molecule has 1 amide bonds. The summed E-state index contributed by atoms with van der Waals surface area (Å²) >= 11 is 3.32. The van der Waals surface area contributed by atoms with Crippen LogP contribution in [-0.2, 0) is 9.84 Å². The molecule has 5 nitrogen and oxygen atoms in total. The lowest BCUT2D eigenvalue weighted by Crippen LogP contribution is -2.14. The Labute approximate surface area is 172 Å². The average Bonchev–Trinajstić information content (AvgIpc) is 2.69. The van der Waals surface area contributed by atoms with E-state index in [1.54, 1.807) is 56.3 Å². The minimum absolute atomic E-state index is 0.0683. The molecule has 0 aliphatic rings. The van der Waals surface area contributed by atoms with Crippen LogP contribution in [0.5, 0.6) is 5.75 Å². The van der Waals surface area contributed by atoms with E-state index in [1.807, 2.05) is 0 Å². The van der Waals surface area contributed by atoms with Crippen LogP contribution in [0, 0.1) is 13.8 Å². The van der Waals surface area contributed by atoms with Crippen molar-refractivity contribution >= 4 is 37.4 Å². The number of nitrogens with one attached hydrogen (secondary N) is 1. The van der Waals surface area contributed by atoms with E-state index in [9.17, 15) is 18.3 Å². The van der Waals surface area contributed by atoms with Gasteiger partial charge < -0.3 is 10.4 Å². The van der Waals surface area contributed by atoms with E-state index in [0.717, 1.165) is 4.47 Å². The monoisotopic (exact) mass is 459 g/mol.